The molecule has 1 aliphatic rings. The highest BCUT2D eigenvalue weighted by Gasteiger charge is 2.28. The molecule has 7 nitrogen and oxygen atoms in total. The van der Waals surface area contributed by atoms with Crippen molar-refractivity contribution in [2.24, 2.45) is 0 Å². The molecule has 1 N–H and O–H groups in total. The van der Waals surface area contributed by atoms with Gasteiger partial charge in [-0.3, -0.25) is 9.59 Å². The van der Waals surface area contributed by atoms with Crippen LogP contribution in [0.3, 0.4) is 0 Å². The maximum Gasteiger partial charge on any atom is 0.275 e. The van der Waals surface area contributed by atoms with Crippen LogP contribution in [0.1, 0.15) is 55.9 Å². The Morgan fingerprint density at radius 3 is 2.56 bits per heavy atom. The van der Waals surface area contributed by atoms with Crippen LogP contribution in [-0.2, 0) is 0 Å². The lowest BCUT2D eigenvalue weighted by Gasteiger charge is -2.31. The van der Waals surface area contributed by atoms with E-state index in [1.807, 2.05) is 42.2 Å². The SMILES string of the molecule is Cc1ccc(NC(=O)c2csc(C3CCN(C(=O)c4cnn(-c5ccccc5)c4C)CC3)n2)c(F)c1. The summed E-state index contributed by atoms with van der Waals surface area (Å²) < 4.78 is 15.9. The van der Waals surface area contributed by atoms with E-state index in [0.717, 1.165) is 34.8 Å². The number of benzene rings is 2. The highest BCUT2D eigenvalue weighted by molar-refractivity contribution is 7.10. The van der Waals surface area contributed by atoms with E-state index in [4.69, 9.17) is 0 Å². The molecule has 3 heterocycles. The highest BCUT2D eigenvalue weighted by atomic mass is 32.1. The third-order valence-electron chi connectivity index (χ3n) is 6.50. The van der Waals surface area contributed by atoms with Crippen molar-refractivity contribution < 1.29 is 14.0 Å². The van der Waals surface area contributed by atoms with Gasteiger partial charge in [-0.2, -0.15) is 5.10 Å². The van der Waals surface area contributed by atoms with Crippen molar-refractivity contribution in [3.63, 3.8) is 0 Å². The van der Waals surface area contributed by atoms with Crippen LogP contribution in [0.25, 0.3) is 5.69 Å². The Labute approximate surface area is 212 Å². The molecule has 1 aliphatic heterocycles. The summed E-state index contributed by atoms with van der Waals surface area (Å²) in [4.78, 5) is 32.2. The monoisotopic (exact) mass is 503 g/mol. The van der Waals surface area contributed by atoms with Gasteiger partial charge >= 0.3 is 0 Å². The zero-order valence-corrected chi connectivity index (χ0v) is 20.9. The normalized spacial score (nSPS) is 14.1. The van der Waals surface area contributed by atoms with Gasteiger partial charge in [0.1, 0.15) is 11.5 Å². The van der Waals surface area contributed by atoms with E-state index in [2.05, 4.69) is 15.4 Å². The predicted molar refractivity (Wildman–Crippen MR) is 137 cm³/mol. The number of thiazole rings is 1. The summed E-state index contributed by atoms with van der Waals surface area (Å²) in [5, 5.41) is 9.59. The molecule has 0 saturated carbocycles. The third-order valence-corrected chi connectivity index (χ3v) is 7.51. The summed E-state index contributed by atoms with van der Waals surface area (Å²) in [6.45, 7) is 4.91. The largest absolute Gasteiger partial charge is 0.338 e. The molecule has 36 heavy (non-hydrogen) atoms. The Hall–Kier alpha value is -3.85. The molecule has 0 unspecified atom stereocenters. The van der Waals surface area contributed by atoms with Crippen LogP contribution in [0.15, 0.2) is 60.1 Å². The molecular formula is C27H26FN5O2S. The molecule has 2 amide bonds. The first-order valence-corrected chi connectivity index (χ1v) is 12.7. The van der Waals surface area contributed by atoms with Gasteiger partial charge in [0.05, 0.1) is 33.8 Å². The van der Waals surface area contributed by atoms with Crippen molar-refractivity contribution in [3.05, 3.63) is 93.4 Å². The number of piperidine rings is 1. The molecule has 0 atom stereocenters. The first kappa shape index (κ1) is 23.9. The van der Waals surface area contributed by atoms with Gasteiger partial charge in [0.25, 0.3) is 11.8 Å². The number of para-hydroxylation sites is 1. The standard InChI is InChI=1S/C27H26FN5O2S/c1-17-8-9-23(22(28)14-17)30-25(34)24-16-36-26(31-24)19-10-12-32(13-11-19)27(35)21-15-29-33(18(21)2)20-6-4-3-5-7-20/h3-9,14-16,19H,10-13H2,1-2H3,(H,30,34). The molecule has 9 heteroatoms. The second kappa shape index (κ2) is 10.0. The van der Waals surface area contributed by atoms with E-state index in [1.54, 1.807) is 35.3 Å². The average Bonchev–Trinajstić information content (AvgIpc) is 3.53. The van der Waals surface area contributed by atoms with Crippen LogP contribution in [0.2, 0.25) is 0 Å². The minimum absolute atomic E-state index is 0.0209. The Morgan fingerprint density at radius 1 is 1.08 bits per heavy atom. The number of carbonyl (C=O) groups excluding carboxylic acids is 2. The van der Waals surface area contributed by atoms with E-state index in [-0.39, 0.29) is 23.2 Å². The fourth-order valence-corrected chi connectivity index (χ4v) is 5.41. The molecule has 4 aromatic rings. The molecule has 5 rings (SSSR count). The van der Waals surface area contributed by atoms with Crippen molar-refractivity contribution >= 4 is 28.8 Å². The summed E-state index contributed by atoms with van der Waals surface area (Å²) in [7, 11) is 0. The Morgan fingerprint density at radius 2 is 1.83 bits per heavy atom. The van der Waals surface area contributed by atoms with Crippen molar-refractivity contribution in [2.75, 3.05) is 18.4 Å². The fourth-order valence-electron chi connectivity index (χ4n) is 4.44. The number of anilines is 1. The number of halogens is 1. The van der Waals surface area contributed by atoms with Gasteiger partial charge in [0.2, 0.25) is 0 Å². The van der Waals surface area contributed by atoms with Crippen LogP contribution in [-0.4, -0.2) is 44.6 Å². The fraction of sp³-hybridized carbons (Fsp3) is 0.259. The van der Waals surface area contributed by atoms with Gasteiger partial charge in [0.15, 0.2) is 0 Å². The van der Waals surface area contributed by atoms with E-state index >= 15 is 0 Å². The Kier molecular flexibility index (Phi) is 6.65. The third kappa shape index (κ3) is 4.79. The molecule has 0 radical (unpaired) electrons. The minimum Gasteiger partial charge on any atom is -0.338 e. The molecule has 2 aromatic heterocycles. The molecular weight excluding hydrogens is 477 g/mol. The van der Waals surface area contributed by atoms with Gasteiger partial charge in [-0.25, -0.2) is 14.1 Å². The van der Waals surface area contributed by atoms with Crippen molar-refractivity contribution in [3.8, 4) is 5.69 Å². The maximum atomic E-state index is 14.1. The molecule has 2 aromatic carbocycles. The quantitative estimate of drug-likeness (QED) is 0.398. The van der Waals surface area contributed by atoms with E-state index in [9.17, 15) is 14.0 Å². The number of nitrogens with one attached hydrogen (secondary N) is 1. The molecule has 1 saturated heterocycles. The zero-order chi connectivity index (χ0) is 25.2. The van der Waals surface area contributed by atoms with Crippen molar-refractivity contribution in [1.29, 1.82) is 0 Å². The summed E-state index contributed by atoms with van der Waals surface area (Å²) in [6, 6.07) is 14.4. The zero-order valence-electron chi connectivity index (χ0n) is 20.1. The van der Waals surface area contributed by atoms with Gasteiger partial charge in [-0.05, 0) is 56.5 Å². The smallest absolute Gasteiger partial charge is 0.275 e. The van der Waals surface area contributed by atoms with Crippen LogP contribution in [0.4, 0.5) is 10.1 Å². The summed E-state index contributed by atoms with van der Waals surface area (Å²) in [5.41, 5.74) is 3.53. The van der Waals surface area contributed by atoms with Crippen molar-refractivity contribution in [2.45, 2.75) is 32.6 Å². The maximum absolute atomic E-state index is 14.1. The lowest BCUT2D eigenvalue weighted by atomic mass is 9.97. The number of hydrogen-bond donors (Lipinski definition) is 1. The predicted octanol–water partition coefficient (Wildman–Crippen LogP) is 5.36. The summed E-state index contributed by atoms with van der Waals surface area (Å²) in [6.07, 6.45) is 3.16. The van der Waals surface area contributed by atoms with Crippen molar-refractivity contribution in [1.82, 2.24) is 19.7 Å². The molecule has 1 fully saturated rings. The number of nitrogens with zero attached hydrogens (tertiary/aromatic N) is 4. The molecule has 0 spiro atoms. The second-order valence-electron chi connectivity index (χ2n) is 8.97. The van der Waals surface area contributed by atoms with Gasteiger partial charge < -0.3 is 10.2 Å². The molecule has 0 aliphatic carbocycles. The van der Waals surface area contributed by atoms with Gasteiger partial charge in [0, 0.05) is 24.4 Å². The molecule has 0 bridgehead atoms. The number of aryl methyl sites for hydroxylation is 1. The number of carbonyl (C=O) groups is 2. The topological polar surface area (TPSA) is 80.1 Å². The highest BCUT2D eigenvalue weighted by Crippen LogP contribution is 2.31. The van der Waals surface area contributed by atoms with Crippen LogP contribution >= 0.6 is 11.3 Å². The lowest BCUT2D eigenvalue weighted by molar-refractivity contribution is 0.0712. The Balaban J connectivity index is 1.21. The number of amides is 2. The van der Waals surface area contributed by atoms with E-state index in [0.29, 0.717) is 18.7 Å². The number of rotatable bonds is 5. The number of aromatic nitrogens is 3. The van der Waals surface area contributed by atoms with E-state index < -0.39 is 11.7 Å². The van der Waals surface area contributed by atoms with Crippen LogP contribution in [0.5, 0.6) is 0 Å². The summed E-state index contributed by atoms with van der Waals surface area (Å²) in [5.74, 6) is -0.753. The van der Waals surface area contributed by atoms with Crippen LogP contribution in [0, 0.1) is 19.7 Å². The van der Waals surface area contributed by atoms with E-state index in [1.165, 1.54) is 17.4 Å². The number of likely N-dealkylation sites (tertiary alicyclic amines) is 1. The average molecular weight is 504 g/mol. The van der Waals surface area contributed by atoms with Crippen LogP contribution < -0.4 is 5.32 Å². The van der Waals surface area contributed by atoms with Gasteiger partial charge in [-0.15, -0.1) is 11.3 Å². The first-order valence-electron chi connectivity index (χ1n) is 11.8. The first-order chi connectivity index (χ1) is 17.4. The summed E-state index contributed by atoms with van der Waals surface area (Å²) >= 11 is 1.43. The Bertz CT molecular complexity index is 1410. The molecule has 184 valence electrons. The second-order valence-corrected chi connectivity index (χ2v) is 9.86. The minimum atomic E-state index is -0.472. The number of hydrogen-bond acceptors (Lipinski definition) is 5. The van der Waals surface area contributed by atoms with Gasteiger partial charge in [-0.1, -0.05) is 24.3 Å². The lowest BCUT2D eigenvalue weighted by Crippen LogP contribution is -2.38.